The molecule has 1 fully saturated rings. The lowest BCUT2D eigenvalue weighted by Crippen LogP contribution is -2.24. The van der Waals surface area contributed by atoms with Crippen LogP contribution in [0.3, 0.4) is 0 Å². The highest BCUT2D eigenvalue weighted by molar-refractivity contribution is 9.10. The van der Waals surface area contributed by atoms with Crippen LogP contribution in [-0.2, 0) is 10.2 Å². The number of nitrogens with zero attached hydrogens (tertiary/aromatic N) is 1. The summed E-state index contributed by atoms with van der Waals surface area (Å²) in [5, 5.41) is 9.24. The molecule has 1 aliphatic rings. The minimum absolute atomic E-state index is 0.444. The largest absolute Gasteiger partial charge is 0.379 e. The van der Waals surface area contributed by atoms with Crippen molar-refractivity contribution in [3.05, 3.63) is 34.3 Å². The maximum atomic E-state index is 9.24. The molecule has 0 spiro atoms. The van der Waals surface area contributed by atoms with Crippen LogP contribution in [0.5, 0.6) is 0 Å². The summed E-state index contributed by atoms with van der Waals surface area (Å²) >= 11 is 3.48. The van der Waals surface area contributed by atoms with Crippen molar-refractivity contribution in [2.75, 3.05) is 13.2 Å². The van der Waals surface area contributed by atoms with Crippen LogP contribution in [-0.4, -0.2) is 13.2 Å². The second-order valence-electron chi connectivity index (χ2n) is 3.48. The molecular formula is C11H10BrNO. The molecule has 1 atom stereocenters. The van der Waals surface area contributed by atoms with E-state index < -0.39 is 5.41 Å². The predicted molar refractivity (Wildman–Crippen MR) is 56.9 cm³/mol. The van der Waals surface area contributed by atoms with Gasteiger partial charge in [-0.2, -0.15) is 5.26 Å². The molecule has 2 rings (SSSR count). The molecule has 1 aromatic rings. The molecule has 0 radical (unpaired) electrons. The molecule has 1 saturated heterocycles. The van der Waals surface area contributed by atoms with Gasteiger partial charge in [0.1, 0.15) is 5.41 Å². The van der Waals surface area contributed by atoms with Gasteiger partial charge in [-0.1, -0.05) is 34.1 Å². The fourth-order valence-electron chi connectivity index (χ4n) is 1.78. The van der Waals surface area contributed by atoms with Crippen molar-refractivity contribution in [1.29, 1.82) is 5.26 Å². The Balaban J connectivity index is 2.47. The minimum Gasteiger partial charge on any atom is -0.379 e. The van der Waals surface area contributed by atoms with Gasteiger partial charge in [-0.25, -0.2) is 0 Å². The Morgan fingerprint density at radius 1 is 1.43 bits per heavy atom. The maximum Gasteiger partial charge on any atom is 0.109 e. The van der Waals surface area contributed by atoms with Crippen molar-refractivity contribution in [3.8, 4) is 6.07 Å². The van der Waals surface area contributed by atoms with Crippen molar-refractivity contribution in [2.24, 2.45) is 0 Å². The normalized spacial score (nSPS) is 26.0. The highest BCUT2D eigenvalue weighted by Crippen LogP contribution is 2.36. The van der Waals surface area contributed by atoms with E-state index in [1.165, 1.54) is 0 Å². The molecule has 72 valence electrons. The average Bonchev–Trinajstić information content (AvgIpc) is 2.68. The average molecular weight is 252 g/mol. The zero-order chi connectivity index (χ0) is 10.0. The second kappa shape index (κ2) is 3.72. The van der Waals surface area contributed by atoms with Crippen molar-refractivity contribution in [1.82, 2.24) is 0 Å². The molecule has 0 aromatic heterocycles. The first-order valence-corrected chi connectivity index (χ1v) is 5.32. The molecule has 1 aliphatic heterocycles. The van der Waals surface area contributed by atoms with E-state index in [4.69, 9.17) is 4.74 Å². The summed E-state index contributed by atoms with van der Waals surface area (Å²) in [7, 11) is 0. The summed E-state index contributed by atoms with van der Waals surface area (Å²) in [4.78, 5) is 0. The number of hydrogen-bond donors (Lipinski definition) is 0. The lowest BCUT2D eigenvalue weighted by molar-refractivity contribution is 0.186. The monoisotopic (exact) mass is 251 g/mol. The third kappa shape index (κ3) is 1.45. The van der Waals surface area contributed by atoms with Crippen LogP contribution < -0.4 is 0 Å². The number of halogens is 1. The molecule has 3 heteroatoms. The molecule has 14 heavy (non-hydrogen) atoms. The van der Waals surface area contributed by atoms with Gasteiger partial charge in [-0.05, 0) is 18.1 Å². The number of hydrogen-bond acceptors (Lipinski definition) is 2. The topological polar surface area (TPSA) is 33.0 Å². The van der Waals surface area contributed by atoms with E-state index in [2.05, 4.69) is 22.0 Å². The van der Waals surface area contributed by atoms with Crippen molar-refractivity contribution in [3.63, 3.8) is 0 Å². The molecule has 0 bridgehead atoms. The summed E-state index contributed by atoms with van der Waals surface area (Å²) in [6.07, 6.45) is 0.784. The highest BCUT2D eigenvalue weighted by atomic mass is 79.9. The van der Waals surface area contributed by atoms with E-state index in [-0.39, 0.29) is 0 Å². The van der Waals surface area contributed by atoms with E-state index in [0.717, 1.165) is 16.5 Å². The Bertz CT molecular complexity index is 377. The Morgan fingerprint density at radius 2 is 2.21 bits per heavy atom. The molecule has 1 heterocycles. The number of ether oxygens (including phenoxy) is 1. The molecule has 0 aliphatic carbocycles. The standard InChI is InChI=1S/C11H10BrNO/c12-10-4-2-1-3-9(10)11(7-13)5-6-14-8-11/h1-4H,5-6,8H2/t11-/m1/s1. The summed E-state index contributed by atoms with van der Waals surface area (Å²) in [6.45, 7) is 1.18. The molecule has 0 amide bonds. The van der Waals surface area contributed by atoms with Gasteiger partial charge in [0, 0.05) is 11.1 Å². The fraction of sp³-hybridized carbons (Fsp3) is 0.364. The van der Waals surface area contributed by atoms with Gasteiger partial charge < -0.3 is 4.74 Å². The van der Waals surface area contributed by atoms with E-state index in [0.29, 0.717) is 13.2 Å². The third-order valence-corrected chi connectivity index (χ3v) is 3.32. The van der Waals surface area contributed by atoms with Gasteiger partial charge in [-0.15, -0.1) is 0 Å². The number of nitriles is 1. The molecule has 0 N–H and O–H groups in total. The van der Waals surface area contributed by atoms with Crippen LogP contribution in [0, 0.1) is 11.3 Å². The lowest BCUT2D eigenvalue weighted by atomic mass is 9.81. The van der Waals surface area contributed by atoms with Crippen LogP contribution in [0.15, 0.2) is 28.7 Å². The molecule has 1 aromatic carbocycles. The first-order chi connectivity index (χ1) is 6.78. The molecule has 2 nitrogen and oxygen atoms in total. The zero-order valence-corrected chi connectivity index (χ0v) is 9.25. The van der Waals surface area contributed by atoms with Crippen molar-refractivity contribution < 1.29 is 4.74 Å². The van der Waals surface area contributed by atoms with Gasteiger partial charge in [-0.3, -0.25) is 0 Å². The Hall–Kier alpha value is -0.850. The van der Waals surface area contributed by atoms with Gasteiger partial charge in [0.2, 0.25) is 0 Å². The Kier molecular flexibility index (Phi) is 2.58. The molecule has 0 unspecified atom stereocenters. The van der Waals surface area contributed by atoms with Gasteiger partial charge in [0.15, 0.2) is 0 Å². The summed E-state index contributed by atoms with van der Waals surface area (Å²) in [5.41, 5.74) is 0.597. The van der Waals surface area contributed by atoms with Crippen LogP contribution in [0.2, 0.25) is 0 Å². The summed E-state index contributed by atoms with van der Waals surface area (Å²) in [6, 6.07) is 10.2. The second-order valence-corrected chi connectivity index (χ2v) is 4.33. The van der Waals surface area contributed by atoms with E-state index >= 15 is 0 Å². The van der Waals surface area contributed by atoms with Gasteiger partial charge in [0.25, 0.3) is 0 Å². The molecular weight excluding hydrogens is 242 g/mol. The quantitative estimate of drug-likeness (QED) is 0.769. The van der Waals surface area contributed by atoms with Crippen molar-refractivity contribution >= 4 is 15.9 Å². The van der Waals surface area contributed by atoms with E-state index in [1.807, 2.05) is 24.3 Å². The Morgan fingerprint density at radius 3 is 2.79 bits per heavy atom. The third-order valence-electron chi connectivity index (χ3n) is 2.63. The lowest BCUT2D eigenvalue weighted by Gasteiger charge is -2.20. The molecule has 0 saturated carbocycles. The zero-order valence-electron chi connectivity index (χ0n) is 7.66. The fourth-order valence-corrected chi connectivity index (χ4v) is 2.44. The van der Waals surface area contributed by atoms with E-state index in [9.17, 15) is 5.26 Å². The first kappa shape index (κ1) is 9.70. The summed E-state index contributed by atoms with van der Waals surface area (Å²) in [5.74, 6) is 0. The van der Waals surface area contributed by atoms with Crippen LogP contribution >= 0.6 is 15.9 Å². The van der Waals surface area contributed by atoms with Crippen LogP contribution in [0.25, 0.3) is 0 Å². The predicted octanol–water partition coefficient (Wildman–Crippen LogP) is 2.63. The SMILES string of the molecule is N#C[C@]1(c2ccccc2Br)CCOC1. The van der Waals surface area contributed by atoms with Crippen LogP contribution in [0.1, 0.15) is 12.0 Å². The van der Waals surface area contributed by atoms with Gasteiger partial charge in [0.05, 0.1) is 12.7 Å². The Labute approximate surface area is 91.6 Å². The summed E-state index contributed by atoms with van der Waals surface area (Å²) < 4.78 is 6.31. The minimum atomic E-state index is -0.444. The van der Waals surface area contributed by atoms with Crippen molar-refractivity contribution in [2.45, 2.75) is 11.8 Å². The first-order valence-electron chi connectivity index (χ1n) is 4.52. The smallest absolute Gasteiger partial charge is 0.109 e. The highest BCUT2D eigenvalue weighted by Gasteiger charge is 2.38. The van der Waals surface area contributed by atoms with Gasteiger partial charge >= 0.3 is 0 Å². The van der Waals surface area contributed by atoms with Crippen LogP contribution in [0.4, 0.5) is 0 Å². The number of benzene rings is 1. The number of rotatable bonds is 1. The maximum absolute atomic E-state index is 9.24. The van der Waals surface area contributed by atoms with E-state index in [1.54, 1.807) is 0 Å².